The maximum atomic E-state index is 12.9. The Morgan fingerprint density at radius 2 is 2.03 bits per heavy atom. The van der Waals surface area contributed by atoms with Gasteiger partial charge in [0.2, 0.25) is 0 Å². The van der Waals surface area contributed by atoms with Crippen molar-refractivity contribution in [2.45, 2.75) is 38.0 Å². The summed E-state index contributed by atoms with van der Waals surface area (Å²) >= 11 is 0.931. The molecule has 2 aromatic heterocycles. The molecule has 0 aliphatic carbocycles. The molecular weight excluding hydrogens is 454 g/mol. The highest BCUT2D eigenvalue weighted by atomic mass is 32.2. The van der Waals surface area contributed by atoms with E-state index >= 15 is 0 Å². The molecule has 34 heavy (non-hydrogen) atoms. The van der Waals surface area contributed by atoms with E-state index in [0.29, 0.717) is 23.4 Å². The number of nitrogens with zero attached hydrogens (tertiary/aromatic N) is 1. The van der Waals surface area contributed by atoms with Crippen molar-refractivity contribution in [3.05, 3.63) is 64.2 Å². The number of amides is 2. The van der Waals surface area contributed by atoms with Gasteiger partial charge in [-0.15, -0.1) is 0 Å². The van der Waals surface area contributed by atoms with Crippen molar-refractivity contribution in [1.29, 1.82) is 5.26 Å². The van der Waals surface area contributed by atoms with E-state index in [4.69, 9.17) is 4.74 Å². The van der Waals surface area contributed by atoms with Gasteiger partial charge in [0.1, 0.15) is 22.7 Å². The van der Waals surface area contributed by atoms with E-state index < -0.39 is 23.1 Å². The molecule has 2 heterocycles. The quantitative estimate of drug-likeness (QED) is 0.328. The Morgan fingerprint density at radius 3 is 2.71 bits per heavy atom. The minimum Gasteiger partial charge on any atom is -0.496 e. The van der Waals surface area contributed by atoms with Gasteiger partial charge in [-0.2, -0.15) is 5.26 Å². The first kappa shape index (κ1) is 24.9. The molecule has 0 saturated heterocycles. The highest BCUT2D eigenvalue weighted by Gasteiger charge is 2.25. The molecule has 0 fully saturated rings. The lowest BCUT2D eigenvalue weighted by molar-refractivity contribution is -0.121. The largest absolute Gasteiger partial charge is 0.496 e. The standard InChI is InChI=1S/C24H27N5O4S/c1-14(2)10-19(24(32)29-34-16(13-25)11-15-6-5-9-26-22(15)30)28-23(31)20-12-17-18(27-20)7-4-8-21(17)33-3/h4-9,12,14,16,19,27H,10-11H2,1-3H3,(H,26,30)(H,28,31)(H,29,32)/t16?,19-/m0/s1. The second-order valence-electron chi connectivity index (χ2n) is 8.19. The number of aromatic nitrogens is 2. The predicted molar refractivity (Wildman–Crippen MR) is 131 cm³/mol. The molecule has 9 nitrogen and oxygen atoms in total. The number of nitriles is 1. The second kappa shape index (κ2) is 11.4. The zero-order valence-corrected chi connectivity index (χ0v) is 20.0. The first-order chi connectivity index (χ1) is 16.3. The van der Waals surface area contributed by atoms with E-state index in [-0.39, 0.29) is 17.9 Å². The average molecular weight is 482 g/mol. The predicted octanol–water partition coefficient (Wildman–Crippen LogP) is 2.91. The van der Waals surface area contributed by atoms with Gasteiger partial charge in [-0.3, -0.25) is 19.1 Å². The van der Waals surface area contributed by atoms with Crippen molar-refractivity contribution in [3.8, 4) is 11.8 Å². The summed E-state index contributed by atoms with van der Waals surface area (Å²) in [5.41, 5.74) is 1.25. The smallest absolute Gasteiger partial charge is 0.268 e. The van der Waals surface area contributed by atoms with Crippen LogP contribution in [0.5, 0.6) is 5.75 Å². The summed E-state index contributed by atoms with van der Waals surface area (Å²) in [6.45, 7) is 3.90. The van der Waals surface area contributed by atoms with E-state index in [1.165, 1.54) is 6.20 Å². The maximum absolute atomic E-state index is 12.9. The first-order valence-electron chi connectivity index (χ1n) is 10.8. The summed E-state index contributed by atoms with van der Waals surface area (Å²) in [4.78, 5) is 43.3. The topological polar surface area (TPSA) is 140 Å². The number of H-pyrrole nitrogens is 2. The van der Waals surface area contributed by atoms with Crippen molar-refractivity contribution in [2.24, 2.45) is 5.92 Å². The van der Waals surface area contributed by atoms with Crippen molar-refractivity contribution in [2.75, 3.05) is 7.11 Å². The Hall–Kier alpha value is -3.71. The number of carbonyl (C=O) groups excluding carboxylic acids is 2. The van der Waals surface area contributed by atoms with Gasteiger partial charge in [0.05, 0.1) is 13.2 Å². The SMILES string of the molecule is COc1cccc2[nH]c(C(=O)N[C@@H](CC(C)C)C(=O)NSC(C#N)Cc3ccc[nH]c3=O)cc12. The molecule has 0 aliphatic rings. The number of nitrogens with one attached hydrogen (secondary N) is 4. The van der Waals surface area contributed by atoms with Crippen molar-refractivity contribution in [1.82, 2.24) is 20.0 Å². The summed E-state index contributed by atoms with van der Waals surface area (Å²) in [5.74, 6) is -0.0568. The van der Waals surface area contributed by atoms with Gasteiger partial charge in [-0.25, -0.2) is 0 Å². The van der Waals surface area contributed by atoms with Crippen molar-refractivity contribution in [3.63, 3.8) is 0 Å². The van der Waals surface area contributed by atoms with Gasteiger partial charge in [0, 0.05) is 29.1 Å². The number of fused-ring (bicyclic) bond motifs is 1. The Kier molecular flexibility index (Phi) is 8.38. The van der Waals surface area contributed by atoms with E-state index in [1.54, 1.807) is 31.4 Å². The van der Waals surface area contributed by atoms with Gasteiger partial charge >= 0.3 is 0 Å². The zero-order valence-electron chi connectivity index (χ0n) is 19.2. The molecule has 0 saturated carbocycles. The number of pyridine rings is 1. The normalized spacial score (nSPS) is 12.7. The fourth-order valence-corrected chi connectivity index (χ4v) is 4.21. The van der Waals surface area contributed by atoms with Crippen LogP contribution in [-0.2, 0) is 11.2 Å². The van der Waals surface area contributed by atoms with E-state index in [9.17, 15) is 19.6 Å². The lowest BCUT2D eigenvalue weighted by Gasteiger charge is -2.20. The van der Waals surface area contributed by atoms with Crippen LogP contribution in [0.4, 0.5) is 0 Å². The van der Waals surface area contributed by atoms with Crippen molar-refractivity contribution < 1.29 is 14.3 Å². The fourth-order valence-electron chi connectivity index (χ4n) is 3.50. The zero-order chi connectivity index (χ0) is 24.7. The van der Waals surface area contributed by atoms with Crippen LogP contribution in [0.2, 0.25) is 0 Å². The van der Waals surface area contributed by atoms with Gasteiger partial charge in [-0.05, 0) is 48.6 Å². The number of hydrogen-bond acceptors (Lipinski definition) is 6. The van der Waals surface area contributed by atoms with Crippen LogP contribution >= 0.6 is 11.9 Å². The lowest BCUT2D eigenvalue weighted by atomic mass is 10.0. The molecule has 2 atom stereocenters. The van der Waals surface area contributed by atoms with Crippen LogP contribution in [-0.4, -0.2) is 40.2 Å². The van der Waals surface area contributed by atoms with Crippen LogP contribution in [0, 0.1) is 17.2 Å². The average Bonchev–Trinajstić information content (AvgIpc) is 3.26. The molecule has 4 N–H and O–H groups in total. The number of carbonyl (C=O) groups is 2. The molecule has 1 aromatic carbocycles. The monoisotopic (exact) mass is 481 g/mol. The van der Waals surface area contributed by atoms with Gasteiger partial charge < -0.3 is 20.0 Å². The third-order valence-corrected chi connectivity index (χ3v) is 6.04. The van der Waals surface area contributed by atoms with E-state index in [1.807, 2.05) is 26.0 Å². The van der Waals surface area contributed by atoms with E-state index in [0.717, 1.165) is 22.9 Å². The number of ether oxygens (including phenoxy) is 1. The molecule has 0 spiro atoms. The minimum absolute atomic E-state index is 0.137. The number of methoxy groups -OCH3 is 1. The lowest BCUT2D eigenvalue weighted by Crippen LogP contribution is -2.46. The maximum Gasteiger partial charge on any atom is 0.268 e. The molecule has 10 heteroatoms. The fraction of sp³-hybridized carbons (Fsp3) is 0.333. The van der Waals surface area contributed by atoms with Gasteiger partial charge in [0.25, 0.3) is 17.4 Å². The molecule has 0 aliphatic heterocycles. The van der Waals surface area contributed by atoms with Gasteiger partial charge in [-0.1, -0.05) is 26.0 Å². The molecule has 1 unspecified atom stereocenters. The highest BCUT2D eigenvalue weighted by Crippen LogP contribution is 2.26. The molecule has 0 bridgehead atoms. The van der Waals surface area contributed by atoms with Crippen LogP contribution in [0.25, 0.3) is 10.9 Å². The Morgan fingerprint density at radius 1 is 1.24 bits per heavy atom. The summed E-state index contributed by atoms with van der Waals surface area (Å²) in [7, 11) is 1.56. The summed E-state index contributed by atoms with van der Waals surface area (Å²) < 4.78 is 8.02. The van der Waals surface area contributed by atoms with E-state index in [2.05, 4.69) is 26.1 Å². The minimum atomic E-state index is -0.798. The van der Waals surface area contributed by atoms with Crippen LogP contribution < -0.4 is 20.3 Å². The molecule has 178 valence electrons. The third-order valence-electron chi connectivity index (χ3n) is 5.17. The number of hydrogen-bond donors (Lipinski definition) is 4. The summed E-state index contributed by atoms with van der Waals surface area (Å²) in [5, 5.41) is 12.4. The third kappa shape index (κ3) is 6.20. The van der Waals surface area contributed by atoms with Gasteiger partial charge in [0.15, 0.2) is 0 Å². The molecule has 3 rings (SSSR count). The first-order valence-corrected chi connectivity index (χ1v) is 11.7. The Labute approximate surface area is 201 Å². The Balaban J connectivity index is 1.68. The van der Waals surface area contributed by atoms with Crippen molar-refractivity contribution >= 4 is 34.7 Å². The molecule has 0 radical (unpaired) electrons. The second-order valence-corrected chi connectivity index (χ2v) is 9.20. The summed E-state index contributed by atoms with van der Waals surface area (Å²) in [6.07, 6.45) is 2.11. The summed E-state index contributed by atoms with van der Waals surface area (Å²) in [6, 6.07) is 11.8. The molecule has 2 amide bonds. The number of aromatic amines is 2. The number of rotatable bonds is 10. The number of benzene rings is 1. The molecular formula is C24H27N5O4S. The van der Waals surface area contributed by atoms with Crippen LogP contribution in [0.3, 0.4) is 0 Å². The van der Waals surface area contributed by atoms with Crippen LogP contribution in [0.1, 0.15) is 36.3 Å². The Bertz CT molecular complexity index is 1260. The highest BCUT2D eigenvalue weighted by molar-refractivity contribution is 7.98. The van der Waals surface area contributed by atoms with Crippen LogP contribution in [0.15, 0.2) is 47.4 Å². The molecule has 3 aromatic rings.